The maximum absolute atomic E-state index is 13.3. The number of amides is 1. The fraction of sp³-hybridized carbons (Fsp3) is 0.190. The average molecular weight is 352 g/mol. The van der Waals surface area contributed by atoms with Crippen LogP contribution in [-0.4, -0.2) is 17.1 Å². The van der Waals surface area contributed by atoms with E-state index in [1.165, 1.54) is 12.1 Å². The Hall–Kier alpha value is -3.08. The molecule has 0 fully saturated rings. The molecule has 0 saturated heterocycles. The predicted molar refractivity (Wildman–Crippen MR) is 99.8 cm³/mol. The second-order valence-electron chi connectivity index (χ2n) is 5.88. The third kappa shape index (κ3) is 4.30. The molecule has 3 rings (SSSR count). The highest BCUT2D eigenvalue weighted by molar-refractivity contribution is 5.92. The van der Waals surface area contributed by atoms with Crippen LogP contribution in [0, 0.1) is 5.82 Å². The Morgan fingerprint density at radius 3 is 2.46 bits per heavy atom. The molecule has 0 radical (unpaired) electrons. The van der Waals surface area contributed by atoms with Crippen molar-refractivity contribution in [1.29, 1.82) is 0 Å². The largest absolute Gasteiger partial charge is 0.492 e. The van der Waals surface area contributed by atoms with Crippen LogP contribution in [0.1, 0.15) is 24.9 Å². The van der Waals surface area contributed by atoms with Crippen molar-refractivity contribution in [2.45, 2.75) is 19.4 Å². The number of hydrogen-bond acceptors (Lipinski definition) is 2. The summed E-state index contributed by atoms with van der Waals surface area (Å²) in [5, 5.41) is 2.92. The third-order valence-corrected chi connectivity index (χ3v) is 4.08. The highest BCUT2D eigenvalue weighted by atomic mass is 19.1. The zero-order chi connectivity index (χ0) is 18.4. The first-order chi connectivity index (χ1) is 12.7. The number of nitrogens with one attached hydrogen (secondary N) is 1. The van der Waals surface area contributed by atoms with E-state index < -0.39 is 0 Å². The summed E-state index contributed by atoms with van der Waals surface area (Å²) in [6, 6.07) is 17.2. The minimum absolute atomic E-state index is 0.139. The van der Waals surface area contributed by atoms with Gasteiger partial charge in [-0.2, -0.15) is 0 Å². The zero-order valence-electron chi connectivity index (χ0n) is 14.6. The quantitative estimate of drug-likeness (QED) is 0.673. The van der Waals surface area contributed by atoms with Crippen molar-refractivity contribution in [2.75, 3.05) is 11.9 Å². The van der Waals surface area contributed by atoms with Gasteiger partial charge in [0.2, 0.25) is 5.91 Å². The van der Waals surface area contributed by atoms with E-state index in [2.05, 4.69) is 5.32 Å². The van der Waals surface area contributed by atoms with Crippen LogP contribution in [-0.2, 0) is 4.79 Å². The van der Waals surface area contributed by atoms with Gasteiger partial charge in [0.15, 0.2) is 0 Å². The van der Waals surface area contributed by atoms with Gasteiger partial charge in [-0.3, -0.25) is 4.79 Å². The van der Waals surface area contributed by atoms with Gasteiger partial charge in [-0.1, -0.05) is 24.3 Å². The summed E-state index contributed by atoms with van der Waals surface area (Å²) in [5.41, 5.74) is 1.51. The molecule has 0 spiro atoms. The Morgan fingerprint density at radius 1 is 1.08 bits per heavy atom. The molecule has 1 atom stereocenters. The molecule has 0 bridgehead atoms. The molecule has 4 nitrogen and oxygen atoms in total. The maximum atomic E-state index is 13.3. The number of aromatic nitrogens is 1. The van der Waals surface area contributed by atoms with Crippen LogP contribution in [0.25, 0.3) is 0 Å². The Kier molecular flexibility index (Phi) is 5.69. The summed E-state index contributed by atoms with van der Waals surface area (Å²) in [6.07, 6.45) is 4.02. The van der Waals surface area contributed by atoms with Gasteiger partial charge in [0.1, 0.15) is 11.6 Å². The van der Waals surface area contributed by atoms with Crippen molar-refractivity contribution in [2.24, 2.45) is 0 Å². The Balaban J connectivity index is 1.79. The molecule has 0 saturated carbocycles. The van der Waals surface area contributed by atoms with E-state index in [-0.39, 0.29) is 24.2 Å². The van der Waals surface area contributed by atoms with Crippen molar-refractivity contribution in [3.63, 3.8) is 0 Å². The van der Waals surface area contributed by atoms with E-state index in [1.54, 1.807) is 12.1 Å². The second kappa shape index (κ2) is 8.34. The topological polar surface area (TPSA) is 43.3 Å². The Bertz CT molecular complexity index is 845. The van der Waals surface area contributed by atoms with E-state index in [1.807, 2.05) is 60.3 Å². The third-order valence-electron chi connectivity index (χ3n) is 4.08. The predicted octanol–water partition coefficient (Wildman–Crippen LogP) is 4.64. The van der Waals surface area contributed by atoms with Crippen molar-refractivity contribution >= 4 is 11.6 Å². The Labute approximate surface area is 152 Å². The number of halogens is 1. The van der Waals surface area contributed by atoms with Crippen molar-refractivity contribution in [3.05, 3.63) is 84.4 Å². The highest BCUT2D eigenvalue weighted by Gasteiger charge is 2.18. The minimum Gasteiger partial charge on any atom is -0.492 e. The molecule has 2 aromatic carbocycles. The number of benzene rings is 2. The molecular formula is C21H21FN2O2. The molecule has 1 aromatic heterocycles. The van der Waals surface area contributed by atoms with Crippen LogP contribution >= 0.6 is 0 Å². The van der Waals surface area contributed by atoms with Crippen molar-refractivity contribution < 1.29 is 13.9 Å². The molecule has 5 heteroatoms. The molecule has 3 aromatic rings. The van der Waals surface area contributed by atoms with Crippen LogP contribution in [0.3, 0.4) is 0 Å². The van der Waals surface area contributed by atoms with Crippen LogP contribution in [0.2, 0.25) is 0 Å². The smallest absolute Gasteiger partial charge is 0.226 e. The first kappa shape index (κ1) is 17.7. The van der Waals surface area contributed by atoms with Gasteiger partial charge in [0, 0.05) is 12.4 Å². The number of carbonyl (C=O) groups excluding carboxylic acids is 1. The fourth-order valence-electron chi connectivity index (χ4n) is 2.86. The molecule has 1 N–H and O–H groups in total. The summed E-state index contributed by atoms with van der Waals surface area (Å²) in [5.74, 6) is 0.206. The van der Waals surface area contributed by atoms with Gasteiger partial charge in [-0.25, -0.2) is 4.39 Å². The van der Waals surface area contributed by atoms with Gasteiger partial charge >= 0.3 is 0 Å². The van der Waals surface area contributed by atoms with Gasteiger partial charge in [-0.05, 0) is 48.9 Å². The summed E-state index contributed by atoms with van der Waals surface area (Å²) in [7, 11) is 0. The normalized spacial score (nSPS) is 11.8. The van der Waals surface area contributed by atoms with Gasteiger partial charge in [0.25, 0.3) is 0 Å². The summed E-state index contributed by atoms with van der Waals surface area (Å²) >= 11 is 0. The SMILES string of the molecule is CCOc1ccccc1NC(=O)C[C@H](c1ccc(F)cc1)n1cccc1. The molecule has 0 aliphatic heterocycles. The fourth-order valence-corrected chi connectivity index (χ4v) is 2.86. The zero-order valence-corrected chi connectivity index (χ0v) is 14.6. The molecule has 134 valence electrons. The molecule has 1 heterocycles. The van der Waals surface area contributed by atoms with Gasteiger partial charge in [0.05, 0.1) is 24.8 Å². The van der Waals surface area contributed by atoms with E-state index in [0.717, 1.165) is 5.56 Å². The lowest BCUT2D eigenvalue weighted by Crippen LogP contribution is -2.20. The van der Waals surface area contributed by atoms with Crippen LogP contribution in [0.5, 0.6) is 5.75 Å². The number of carbonyl (C=O) groups is 1. The summed E-state index contributed by atoms with van der Waals surface area (Å²) in [6.45, 7) is 2.42. The molecule has 0 unspecified atom stereocenters. The number of rotatable bonds is 7. The molecular weight excluding hydrogens is 331 g/mol. The minimum atomic E-state index is -0.296. The second-order valence-corrected chi connectivity index (χ2v) is 5.88. The first-order valence-electron chi connectivity index (χ1n) is 8.57. The van der Waals surface area contributed by atoms with Gasteiger partial charge in [-0.15, -0.1) is 0 Å². The van der Waals surface area contributed by atoms with Crippen LogP contribution in [0.4, 0.5) is 10.1 Å². The molecule has 0 aliphatic carbocycles. The number of para-hydroxylation sites is 2. The lowest BCUT2D eigenvalue weighted by Gasteiger charge is -2.20. The molecule has 1 amide bonds. The number of anilines is 1. The average Bonchev–Trinajstić information content (AvgIpc) is 3.17. The van der Waals surface area contributed by atoms with Crippen LogP contribution in [0.15, 0.2) is 73.1 Å². The van der Waals surface area contributed by atoms with Crippen LogP contribution < -0.4 is 10.1 Å². The molecule has 26 heavy (non-hydrogen) atoms. The lowest BCUT2D eigenvalue weighted by molar-refractivity contribution is -0.116. The number of nitrogens with zero attached hydrogens (tertiary/aromatic N) is 1. The van der Waals surface area contributed by atoms with Crippen molar-refractivity contribution in [1.82, 2.24) is 4.57 Å². The van der Waals surface area contributed by atoms with E-state index >= 15 is 0 Å². The standard InChI is InChI=1S/C21H21FN2O2/c1-2-26-20-8-4-3-7-18(20)23-21(25)15-19(24-13-5-6-14-24)16-9-11-17(22)12-10-16/h3-14,19H,2,15H2,1H3,(H,23,25)/t19-/m1/s1. The number of ether oxygens (including phenoxy) is 1. The lowest BCUT2D eigenvalue weighted by atomic mass is 10.0. The van der Waals surface area contributed by atoms with Crippen molar-refractivity contribution in [3.8, 4) is 5.75 Å². The first-order valence-corrected chi connectivity index (χ1v) is 8.57. The Morgan fingerprint density at radius 2 is 1.77 bits per heavy atom. The monoisotopic (exact) mass is 352 g/mol. The summed E-state index contributed by atoms with van der Waals surface area (Å²) < 4.78 is 20.8. The maximum Gasteiger partial charge on any atom is 0.226 e. The summed E-state index contributed by atoms with van der Waals surface area (Å²) in [4.78, 5) is 12.7. The van der Waals surface area contributed by atoms with E-state index in [4.69, 9.17) is 4.74 Å². The molecule has 0 aliphatic rings. The number of hydrogen-bond donors (Lipinski definition) is 1. The highest BCUT2D eigenvalue weighted by Crippen LogP contribution is 2.27. The van der Waals surface area contributed by atoms with E-state index in [9.17, 15) is 9.18 Å². The van der Waals surface area contributed by atoms with E-state index in [0.29, 0.717) is 18.0 Å². The van der Waals surface area contributed by atoms with Gasteiger partial charge < -0.3 is 14.6 Å².